The predicted molar refractivity (Wildman–Crippen MR) is 124 cm³/mol. The van der Waals surface area contributed by atoms with Gasteiger partial charge in [-0.25, -0.2) is 9.67 Å². The van der Waals surface area contributed by atoms with E-state index < -0.39 is 0 Å². The molecule has 0 atom stereocenters. The molecule has 3 rings (SSSR count). The zero-order valence-electron chi connectivity index (χ0n) is 19.5. The molecule has 0 bridgehead atoms. The van der Waals surface area contributed by atoms with Crippen LogP contribution in [0.25, 0.3) is 11.0 Å². The van der Waals surface area contributed by atoms with Crippen LogP contribution in [0.15, 0.2) is 36.4 Å². The fourth-order valence-electron chi connectivity index (χ4n) is 3.76. The summed E-state index contributed by atoms with van der Waals surface area (Å²) in [6.45, 7) is 13.1. The maximum Gasteiger partial charge on any atom is 0.254 e. The maximum absolute atomic E-state index is 13.7. The van der Waals surface area contributed by atoms with Crippen molar-refractivity contribution in [2.45, 2.75) is 59.4 Å². The van der Waals surface area contributed by atoms with E-state index in [1.807, 2.05) is 35.9 Å². The van der Waals surface area contributed by atoms with Crippen LogP contribution in [0.1, 0.15) is 67.8 Å². The maximum atomic E-state index is 13.7. The van der Waals surface area contributed by atoms with Crippen molar-refractivity contribution >= 4 is 16.9 Å². The summed E-state index contributed by atoms with van der Waals surface area (Å²) in [6, 6.07) is 12.0. The van der Waals surface area contributed by atoms with E-state index in [1.165, 1.54) is 0 Å². The lowest BCUT2D eigenvalue weighted by Crippen LogP contribution is -2.35. The van der Waals surface area contributed by atoms with E-state index in [0.29, 0.717) is 18.7 Å². The van der Waals surface area contributed by atoms with E-state index in [-0.39, 0.29) is 24.0 Å². The lowest BCUT2D eigenvalue weighted by atomic mass is 10.0. The minimum Gasteiger partial charge on any atom is -0.395 e. The van der Waals surface area contributed by atoms with E-state index in [2.05, 4.69) is 46.8 Å². The molecule has 0 aliphatic heterocycles. The summed E-state index contributed by atoms with van der Waals surface area (Å²) in [5.74, 6) is 0.0889. The number of pyridine rings is 1. The predicted octanol–water partition coefficient (Wildman–Crippen LogP) is 4.30. The Morgan fingerprint density at radius 3 is 2.42 bits per heavy atom. The Kier molecular flexibility index (Phi) is 6.80. The number of rotatable bonds is 7. The molecule has 0 spiro atoms. The Labute approximate surface area is 184 Å². The zero-order valence-corrected chi connectivity index (χ0v) is 19.5. The van der Waals surface area contributed by atoms with Crippen molar-refractivity contribution in [3.8, 4) is 0 Å². The van der Waals surface area contributed by atoms with Gasteiger partial charge in [-0.05, 0) is 51.7 Å². The molecule has 0 radical (unpaired) electrons. The highest BCUT2D eigenvalue weighted by atomic mass is 16.3. The number of fused-ring (bicyclic) bond motifs is 1. The smallest absolute Gasteiger partial charge is 0.254 e. The van der Waals surface area contributed by atoms with Crippen LogP contribution >= 0.6 is 0 Å². The van der Waals surface area contributed by atoms with E-state index >= 15 is 0 Å². The first-order valence-electron chi connectivity index (χ1n) is 11.0. The van der Waals surface area contributed by atoms with Crippen molar-refractivity contribution in [1.29, 1.82) is 0 Å². The molecule has 1 aromatic carbocycles. The van der Waals surface area contributed by atoms with Gasteiger partial charge in [0.15, 0.2) is 5.65 Å². The second-order valence-electron chi connectivity index (χ2n) is 9.37. The summed E-state index contributed by atoms with van der Waals surface area (Å²) in [4.78, 5) is 20.3. The first-order chi connectivity index (χ1) is 14.6. The van der Waals surface area contributed by atoms with Gasteiger partial charge in [0.2, 0.25) is 0 Å². The molecule has 31 heavy (non-hydrogen) atoms. The molecule has 3 aromatic rings. The number of amides is 1. The molecule has 0 saturated heterocycles. The van der Waals surface area contributed by atoms with Crippen LogP contribution in [0.3, 0.4) is 0 Å². The molecule has 0 fully saturated rings. The summed E-state index contributed by atoms with van der Waals surface area (Å²) in [7, 11) is 0. The molecule has 1 N–H and O–H groups in total. The highest BCUT2D eigenvalue weighted by Crippen LogP contribution is 2.29. The van der Waals surface area contributed by atoms with Gasteiger partial charge in [-0.3, -0.25) is 4.79 Å². The molecule has 166 valence electrons. The molecule has 0 aliphatic carbocycles. The van der Waals surface area contributed by atoms with Crippen molar-refractivity contribution in [3.05, 3.63) is 58.9 Å². The third-order valence-corrected chi connectivity index (χ3v) is 5.46. The normalized spacial score (nSPS) is 12.0. The lowest BCUT2D eigenvalue weighted by molar-refractivity contribution is 0.0725. The summed E-state index contributed by atoms with van der Waals surface area (Å²) < 4.78 is 1.92. The van der Waals surface area contributed by atoms with Gasteiger partial charge in [0.05, 0.1) is 28.8 Å². The quantitative estimate of drug-likeness (QED) is 0.616. The van der Waals surface area contributed by atoms with Crippen LogP contribution in [0.5, 0.6) is 0 Å². The van der Waals surface area contributed by atoms with Crippen molar-refractivity contribution in [1.82, 2.24) is 19.7 Å². The molecule has 0 aliphatic rings. The summed E-state index contributed by atoms with van der Waals surface area (Å²) in [5, 5.41) is 15.2. The highest BCUT2D eigenvalue weighted by molar-refractivity contribution is 6.06. The Hall–Kier alpha value is -2.73. The summed E-state index contributed by atoms with van der Waals surface area (Å²) >= 11 is 0. The van der Waals surface area contributed by atoms with Crippen molar-refractivity contribution in [2.24, 2.45) is 0 Å². The average Bonchev–Trinajstić information content (AvgIpc) is 3.08. The van der Waals surface area contributed by atoms with E-state index in [9.17, 15) is 9.90 Å². The minimum atomic E-state index is -0.256. The number of aliphatic hydroxyl groups excluding tert-OH is 1. The Balaban J connectivity index is 2.07. The fraction of sp³-hybridized carbons (Fsp3) is 0.480. The van der Waals surface area contributed by atoms with Gasteiger partial charge in [0.25, 0.3) is 5.91 Å². The number of aliphatic hydroxyl groups is 1. The van der Waals surface area contributed by atoms with Gasteiger partial charge in [0.1, 0.15) is 0 Å². The highest BCUT2D eigenvalue weighted by Gasteiger charge is 2.27. The number of carbonyl (C=O) groups is 1. The number of hydrogen-bond acceptors (Lipinski definition) is 4. The standard InChI is InChI=1S/C25H34N4O2/c1-17(2)21-16-20(22-18(3)27-29(23(22)26-21)25(4,5)6)24(31)28(14-15-30)13-12-19-10-8-7-9-11-19/h7-11,16-17,30H,12-15H2,1-6H3. The first-order valence-corrected chi connectivity index (χ1v) is 11.0. The molecule has 2 aromatic heterocycles. The fourth-order valence-corrected chi connectivity index (χ4v) is 3.76. The van der Waals surface area contributed by atoms with Gasteiger partial charge in [0, 0.05) is 18.8 Å². The average molecular weight is 423 g/mol. The molecule has 1 amide bonds. The van der Waals surface area contributed by atoms with Crippen molar-refractivity contribution in [2.75, 3.05) is 19.7 Å². The third kappa shape index (κ3) is 4.96. The van der Waals surface area contributed by atoms with Crippen molar-refractivity contribution < 1.29 is 9.90 Å². The van der Waals surface area contributed by atoms with Gasteiger partial charge in [-0.15, -0.1) is 0 Å². The lowest BCUT2D eigenvalue weighted by Gasteiger charge is -2.24. The topological polar surface area (TPSA) is 71.2 Å². The van der Waals surface area contributed by atoms with Crippen LogP contribution in [-0.2, 0) is 12.0 Å². The largest absolute Gasteiger partial charge is 0.395 e. The first kappa shape index (κ1) is 22.9. The number of benzene rings is 1. The van der Waals surface area contributed by atoms with Crippen LogP contribution in [0.4, 0.5) is 0 Å². The van der Waals surface area contributed by atoms with Crippen LogP contribution < -0.4 is 0 Å². The number of nitrogens with zero attached hydrogens (tertiary/aromatic N) is 4. The van der Waals surface area contributed by atoms with Gasteiger partial charge in [-0.2, -0.15) is 5.10 Å². The molecular weight excluding hydrogens is 388 g/mol. The second kappa shape index (κ2) is 9.18. The Morgan fingerprint density at radius 1 is 1.16 bits per heavy atom. The monoisotopic (exact) mass is 422 g/mol. The zero-order chi connectivity index (χ0) is 22.8. The number of aryl methyl sites for hydroxylation is 1. The van der Waals surface area contributed by atoms with Gasteiger partial charge >= 0.3 is 0 Å². The van der Waals surface area contributed by atoms with Crippen LogP contribution in [-0.4, -0.2) is 50.4 Å². The molecule has 0 unspecified atom stereocenters. The van der Waals surface area contributed by atoms with Crippen molar-refractivity contribution in [3.63, 3.8) is 0 Å². The molecule has 6 heteroatoms. The Morgan fingerprint density at radius 2 is 1.84 bits per heavy atom. The number of hydrogen-bond donors (Lipinski definition) is 1. The van der Waals surface area contributed by atoms with E-state index in [4.69, 9.17) is 10.1 Å². The van der Waals surface area contributed by atoms with Gasteiger partial charge < -0.3 is 10.0 Å². The molecular formula is C25H34N4O2. The van der Waals surface area contributed by atoms with Gasteiger partial charge in [-0.1, -0.05) is 44.2 Å². The number of aromatic nitrogens is 3. The molecule has 2 heterocycles. The molecule has 0 saturated carbocycles. The Bertz CT molecular complexity index is 1050. The SMILES string of the molecule is Cc1nn(C(C)(C)C)c2nc(C(C)C)cc(C(=O)N(CCO)CCc3ccccc3)c12. The minimum absolute atomic E-state index is 0.0774. The van der Waals surface area contributed by atoms with E-state index in [1.54, 1.807) is 4.90 Å². The van der Waals surface area contributed by atoms with E-state index in [0.717, 1.165) is 34.4 Å². The third-order valence-electron chi connectivity index (χ3n) is 5.46. The second-order valence-corrected chi connectivity index (χ2v) is 9.37. The van der Waals surface area contributed by atoms with Crippen LogP contribution in [0.2, 0.25) is 0 Å². The van der Waals surface area contributed by atoms with Crippen LogP contribution in [0, 0.1) is 6.92 Å². The molecule has 6 nitrogen and oxygen atoms in total. The number of carbonyl (C=O) groups excluding carboxylic acids is 1. The summed E-state index contributed by atoms with van der Waals surface area (Å²) in [5.41, 5.74) is 3.93. The summed E-state index contributed by atoms with van der Waals surface area (Å²) in [6.07, 6.45) is 0.734.